The van der Waals surface area contributed by atoms with E-state index in [4.69, 9.17) is 18.9 Å². The molecule has 2 aromatic rings. The summed E-state index contributed by atoms with van der Waals surface area (Å²) in [6.07, 6.45) is 4.66. The van der Waals surface area contributed by atoms with Gasteiger partial charge in [0.2, 0.25) is 12.7 Å². The van der Waals surface area contributed by atoms with Gasteiger partial charge in [-0.2, -0.15) is 0 Å². The Kier molecular flexibility index (Phi) is 6.37. The SMILES string of the molecule is COc1ccc(CCNC(=O)CN2C=CN3NC(c4ccc5c(c4)OCO5)CC3C2=O)cc1OC. The summed E-state index contributed by atoms with van der Waals surface area (Å²) in [6, 6.07) is 11.0. The molecule has 0 saturated carbocycles. The standard InChI is InChI=1S/C25H28N4O6/c1-32-20-5-3-16(11-22(20)33-2)7-8-26-24(30)14-28-9-10-29-19(25(28)31)13-18(27-29)17-4-6-21-23(12-17)35-15-34-21/h3-6,9-12,18-19,27H,7-8,13-15H2,1-2H3,(H,26,30). The third-order valence-electron chi connectivity index (χ3n) is 6.37. The zero-order valence-corrected chi connectivity index (χ0v) is 19.7. The Hall–Kier alpha value is -3.92. The third kappa shape index (κ3) is 4.69. The lowest BCUT2D eigenvalue weighted by Gasteiger charge is -2.31. The van der Waals surface area contributed by atoms with Crippen molar-refractivity contribution in [2.24, 2.45) is 0 Å². The first kappa shape index (κ1) is 22.9. The first-order chi connectivity index (χ1) is 17.1. The second-order valence-corrected chi connectivity index (χ2v) is 8.51. The minimum atomic E-state index is -0.380. The molecule has 3 aliphatic heterocycles. The molecule has 2 amide bonds. The van der Waals surface area contributed by atoms with Gasteiger partial charge in [-0.05, 0) is 48.2 Å². The summed E-state index contributed by atoms with van der Waals surface area (Å²) in [5.41, 5.74) is 5.39. The van der Waals surface area contributed by atoms with E-state index >= 15 is 0 Å². The zero-order chi connectivity index (χ0) is 24.4. The number of carbonyl (C=O) groups excluding carboxylic acids is 2. The quantitative estimate of drug-likeness (QED) is 0.589. The Balaban J connectivity index is 1.13. The normalized spacial score (nSPS) is 20.1. The van der Waals surface area contributed by atoms with Crippen LogP contribution in [-0.4, -0.2) is 61.9 Å². The fourth-order valence-corrected chi connectivity index (χ4v) is 4.51. The summed E-state index contributed by atoms with van der Waals surface area (Å²) in [6.45, 7) is 0.641. The molecule has 3 aliphatic rings. The van der Waals surface area contributed by atoms with E-state index < -0.39 is 0 Å². The van der Waals surface area contributed by atoms with Crippen molar-refractivity contribution >= 4 is 11.8 Å². The minimum Gasteiger partial charge on any atom is -0.493 e. The summed E-state index contributed by atoms with van der Waals surface area (Å²) < 4.78 is 21.4. The number of fused-ring (bicyclic) bond motifs is 2. The van der Waals surface area contributed by atoms with Crippen LogP contribution in [0.25, 0.3) is 0 Å². The van der Waals surface area contributed by atoms with Crippen LogP contribution in [0.4, 0.5) is 0 Å². The van der Waals surface area contributed by atoms with E-state index in [1.54, 1.807) is 26.6 Å². The van der Waals surface area contributed by atoms with E-state index in [0.717, 1.165) is 16.9 Å². The molecule has 1 saturated heterocycles. The van der Waals surface area contributed by atoms with Gasteiger partial charge in [0.15, 0.2) is 23.0 Å². The topological polar surface area (TPSA) is 102 Å². The largest absolute Gasteiger partial charge is 0.493 e. The Bertz CT molecular complexity index is 1150. The van der Waals surface area contributed by atoms with Crippen LogP contribution in [0.15, 0.2) is 48.8 Å². The molecule has 2 atom stereocenters. The third-order valence-corrected chi connectivity index (χ3v) is 6.37. The number of amides is 2. The summed E-state index contributed by atoms with van der Waals surface area (Å²) in [5, 5.41) is 4.70. The van der Waals surface area contributed by atoms with Crippen LogP contribution in [-0.2, 0) is 16.0 Å². The first-order valence-electron chi connectivity index (χ1n) is 11.5. The highest BCUT2D eigenvalue weighted by Gasteiger charge is 2.40. The summed E-state index contributed by atoms with van der Waals surface area (Å²) in [7, 11) is 3.18. The van der Waals surface area contributed by atoms with Gasteiger partial charge < -0.3 is 34.2 Å². The molecule has 3 heterocycles. The van der Waals surface area contributed by atoms with Crippen molar-refractivity contribution in [3.63, 3.8) is 0 Å². The number of methoxy groups -OCH3 is 2. The fraction of sp³-hybridized carbons (Fsp3) is 0.360. The molecule has 1 fully saturated rings. The first-order valence-corrected chi connectivity index (χ1v) is 11.5. The van der Waals surface area contributed by atoms with E-state index in [0.29, 0.717) is 36.6 Å². The number of rotatable bonds is 8. The molecule has 2 aromatic carbocycles. The average molecular weight is 481 g/mol. The second-order valence-electron chi connectivity index (χ2n) is 8.51. The zero-order valence-electron chi connectivity index (χ0n) is 19.7. The molecule has 184 valence electrons. The van der Waals surface area contributed by atoms with Crippen molar-refractivity contribution in [1.82, 2.24) is 20.7 Å². The van der Waals surface area contributed by atoms with Crippen LogP contribution < -0.4 is 29.7 Å². The monoisotopic (exact) mass is 480 g/mol. The molecule has 0 aliphatic carbocycles. The van der Waals surface area contributed by atoms with Gasteiger partial charge in [0, 0.05) is 18.9 Å². The molecule has 0 spiro atoms. The van der Waals surface area contributed by atoms with E-state index in [1.807, 2.05) is 41.4 Å². The van der Waals surface area contributed by atoms with Crippen molar-refractivity contribution in [3.8, 4) is 23.0 Å². The Morgan fingerprint density at radius 3 is 2.74 bits per heavy atom. The molecule has 0 aromatic heterocycles. The maximum absolute atomic E-state index is 13.1. The molecule has 10 heteroatoms. The number of hydrazine groups is 1. The number of benzene rings is 2. The predicted octanol–water partition coefficient (Wildman–Crippen LogP) is 1.72. The molecule has 35 heavy (non-hydrogen) atoms. The molecular weight excluding hydrogens is 452 g/mol. The van der Waals surface area contributed by atoms with Crippen molar-refractivity contribution in [2.45, 2.75) is 24.9 Å². The molecule has 2 unspecified atom stereocenters. The lowest BCUT2D eigenvalue weighted by Crippen LogP contribution is -2.50. The van der Waals surface area contributed by atoms with Crippen molar-refractivity contribution in [2.75, 3.05) is 34.1 Å². The van der Waals surface area contributed by atoms with Crippen LogP contribution in [0.5, 0.6) is 23.0 Å². The fourth-order valence-electron chi connectivity index (χ4n) is 4.51. The molecule has 0 bridgehead atoms. The van der Waals surface area contributed by atoms with Gasteiger partial charge in [0.25, 0.3) is 5.91 Å². The molecule has 5 rings (SSSR count). The van der Waals surface area contributed by atoms with E-state index in [1.165, 1.54) is 4.90 Å². The average Bonchev–Trinajstić information content (AvgIpc) is 3.52. The number of hydrogen-bond acceptors (Lipinski definition) is 8. The number of hydrogen-bond donors (Lipinski definition) is 2. The summed E-state index contributed by atoms with van der Waals surface area (Å²) in [5.74, 6) is 2.42. The van der Waals surface area contributed by atoms with Crippen molar-refractivity contribution < 1.29 is 28.5 Å². The molecular formula is C25H28N4O6. The van der Waals surface area contributed by atoms with Crippen LogP contribution >= 0.6 is 0 Å². The van der Waals surface area contributed by atoms with Crippen LogP contribution in [0.2, 0.25) is 0 Å². The molecule has 10 nitrogen and oxygen atoms in total. The molecule has 2 N–H and O–H groups in total. The van der Waals surface area contributed by atoms with Gasteiger partial charge in [-0.25, -0.2) is 5.43 Å². The molecule has 0 radical (unpaired) electrons. The highest BCUT2D eigenvalue weighted by Crippen LogP contribution is 2.37. The minimum absolute atomic E-state index is 0.0275. The van der Waals surface area contributed by atoms with E-state index in [-0.39, 0.29) is 37.2 Å². The Morgan fingerprint density at radius 2 is 1.91 bits per heavy atom. The van der Waals surface area contributed by atoms with Gasteiger partial charge in [0.05, 0.1) is 20.3 Å². The number of nitrogens with one attached hydrogen (secondary N) is 2. The smallest absolute Gasteiger partial charge is 0.251 e. The van der Waals surface area contributed by atoms with E-state index in [2.05, 4.69) is 10.7 Å². The van der Waals surface area contributed by atoms with Gasteiger partial charge in [0.1, 0.15) is 12.6 Å². The second kappa shape index (κ2) is 9.75. The highest BCUT2D eigenvalue weighted by molar-refractivity contribution is 5.89. The summed E-state index contributed by atoms with van der Waals surface area (Å²) in [4.78, 5) is 27.1. The van der Waals surface area contributed by atoms with Crippen molar-refractivity contribution in [3.05, 3.63) is 59.9 Å². The Labute approximate surface area is 203 Å². The van der Waals surface area contributed by atoms with Gasteiger partial charge in [-0.1, -0.05) is 12.1 Å². The number of nitrogens with zero attached hydrogens (tertiary/aromatic N) is 2. The maximum Gasteiger partial charge on any atom is 0.251 e. The highest BCUT2D eigenvalue weighted by atomic mass is 16.7. The van der Waals surface area contributed by atoms with Crippen molar-refractivity contribution in [1.29, 1.82) is 0 Å². The van der Waals surface area contributed by atoms with Crippen LogP contribution in [0.1, 0.15) is 23.6 Å². The van der Waals surface area contributed by atoms with Gasteiger partial charge >= 0.3 is 0 Å². The lowest BCUT2D eigenvalue weighted by molar-refractivity contribution is -0.138. The number of ether oxygens (including phenoxy) is 4. The van der Waals surface area contributed by atoms with Crippen LogP contribution in [0, 0.1) is 0 Å². The lowest BCUT2D eigenvalue weighted by atomic mass is 10.0. The van der Waals surface area contributed by atoms with Gasteiger partial charge in [-0.3, -0.25) is 9.59 Å². The summed E-state index contributed by atoms with van der Waals surface area (Å²) >= 11 is 0. The maximum atomic E-state index is 13.1. The number of carbonyl (C=O) groups is 2. The van der Waals surface area contributed by atoms with Crippen LogP contribution in [0.3, 0.4) is 0 Å². The van der Waals surface area contributed by atoms with E-state index in [9.17, 15) is 9.59 Å². The predicted molar refractivity (Wildman–Crippen MR) is 126 cm³/mol. The van der Waals surface area contributed by atoms with Gasteiger partial charge in [-0.15, -0.1) is 0 Å². The Morgan fingerprint density at radius 1 is 1.09 bits per heavy atom.